The van der Waals surface area contributed by atoms with Crippen LogP contribution in [0.1, 0.15) is 5.76 Å². The van der Waals surface area contributed by atoms with Crippen molar-refractivity contribution in [3.63, 3.8) is 0 Å². The van der Waals surface area contributed by atoms with Crippen LogP contribution in [0, 0.1) is 0 Å². The highest BCUT2D eigenvalue weighted by atomic mass is 127. The molecule has 0 bridgehead atoms. The Morgan fingerprint density at radius 2 is 2.12 bits per heavy atom. The van der Waals surface area contributed by atoms with Gasteiger partial charge in [0, 0.05) is 65.6 Å². The molecule has 1 N–H and O–H groups in total. The molecule has 26 heavy (non-hydrogen) atoms. The molecule has 0 spiro atoms. The van der Waals surface area contributed by atoms with Crippen LogP contribution in [0.4, 0.5) is 5.82 Å². The Hall–Kier alpha value is -2.04. The van der Waals surface area contributed by atoms with Gasteiger partial charge in [-0.05, 0) is 12.1 Å². The van der Waals surface area contributed by atoms with Gasteiger partial charge in [-0.25, -0.2) is 4.98 Å². The molecule has 2 aromatic rings. The predicted molar refractivity (Wildman–Crippen MR) is 112 cm³/mol. The van der Waals surface area contributed by atoms with E-state index in [0.717, 1.165) is 50.9 Å². The Morgan fingerprint density at radius 3 is 2.77 bits per heavy atom. The molecule has 0 saturated carbocycles. The number of aromatic nitrogens is 2. The molecule has 0 unspecified atom stereocenters. The number of halogens is 1. The van der Waals surface area contributed by atoms with Crippen molar-refractivity contribution in [3.05, 3.63) is 46.9 Å². The zero-order chi connectivity index (χ0) is 17.6. The summed E-state index contributed by atoms with van der Waals surface area (Å²) in [5, 5.41) is 3.37. The van der Waals surface area contributed by atoms with Crippen LogP contribution in [0.3, 0.4) is 0 Å². The molecule has 142 valence electrons. The van der Waals surface area contributed by atoms with Crippen LogP contribution in [-0.4, -0.2) is 60.2 Å². The molecule has 3 rings (SSSR count). The van der Waals surface area contributed by atoms with Crippen LogP contribution >= 0.6 is 24.0 Å². The van der Waals surface area contributed by atoms with Gasteiger partial charge in [-0.2, -0.15) is 0 Å². The highest BCUT2D eigenvalue weighted by molar-refractivity contribution is 14.0. The third-order valence-electron chi connectivity index (χ3n) is 4.32. The van der Waals surface area contributed by atoms with Crippen LogP contribution in [-0.2, 0) is 13.5 Å². The summed E-state index contributed by atoms with van der Waals surface area (Å²) in [7, 11) is 3.53. The quantitative estimate of drug-likeness (QED) is 0.406. The molecule has 1 fully saturated rings. The van der Waals surface area contributed by atoms with Crippen molar-refractivity contribution in [2.24, 2.45) is 12.0 Å². The van der Waals surface area contributed by atoms with Crippen LogP contribution < -0.4 is 15.8 Å². The fourth-order valence-electron chi connectivity index (χ4n) is 2.92. The highest BCUT2D eigenvalue weighted by Gasteiger charge is 2.22. The molecule has 2 aromatic heterocycles. The van der Waals surface area contributed by atoms with Crippen molar-refractivity contribution in [1.82, 2.24) is 19.8 Å². The van der Waals surface area contributed by atoms with E-state index in [1.807, 2.05) is 17.0 Å². The third kappa shape index (κ3) is 4.77. The standard InChI is InChI=1S/C17H24N6O2.HI/c1-18-17(20-6-5-14-4-3-13-25-14)23-11-9-22(10-12-23)15-16(24)21(2)8-7-19-15;/h3-4,7-8,13H,5-6,9-12H2,1-2H3,(H,18,20);1H. The zero-order valence-electron chi connectivity index (χ0n) is 15.1. The molecular weight excluding hydrogens is 447 g/mol. The molecule has 0 radical (unpaired) electrons. The second-order valence-corrected chi connectivity index (χ2v) is 5.94. The largest absolute Gasteiger partial charge is 0.469 e. The topological polar surface area (TPSA) is 78.9 Å². The van der Waals surface area contributed by atoms with E-state index in [1.165, 1.54) is 0 Å². The molecule has 8 nitrogen and oxygen atoms in total. The van der Waals surface area contributed by atoms with Crippen molar-refractivity contribution < 1.29 is 4.42 Å². The van der Waals surface area contributed by atoms with Gasteiger partial charge in [0.05, 0.1) is 6.26 Å². The van der Waals surface area contributed by atoms with E-state index in [9.17, 15) is 4.79 Å². The second-order valence-electron chi connectivity index (χ2n) is 5.94. The summed E-state index contributed by atoms with van der Waals surface area (Å²) in [5.74, 6) is 2.35. The first-order valence-corrected chi connectivity index (χ1v) is 8.43. The fourth-order valence-corrected chi connectivity index (χ4v) is 2.92. The van der Waals surface area contributed by atoms with Crippen LogP contribution in [0.15, 0.2) is 45.0 Å². The number of furan rings is 1. The number of anilines is 1. The molecule has 1 saturated heterocycles. The highest BCUT2D eigenvalue weighted by Crippen LogP contribution is 2.09. The molecular formula is C17H25IN6O2. The monoisotopic (exact) mass is 472 g/mol. The van der Waals surface area contributed by atoms with Gasteiger partial charge in [-0.3, -0.25) is 9.79 Å². The summed E-state index contributed by atoms with van der Waals surface area (Å²) in [6.07, 6.45) is 5.84. The van der Waals surface area contributed by atoms with Crippen molar-refractivity contribution in [1.29, 1.82) is 0 Å². The average Bonchev–Trinajstić information content (AvgIpc) is 3.15. The van der Waals surface area contributed by atoms with Gasteiger partial charge in [0.2, 0.25) is 0 Å². The number of nitrogens with zero attached hydrogens (tertiary/aromatic N) is 5. The fraction of sp³-hybridized carbons (Fsp3) is 0.471. The maximum Gasteiger partial charge on any atom is 0.293 e. The van der Waals surface area contributed by atoms with Crippen LogP contribution in [0.25, 0.3) is 0 Å². The minimum absolute atomic E-state index is 0. The van der Waals surface area contributed by atoms with Gasteiger partial charge in [-0.15, -0.1) is 24.0 Å². The number of aliphatic imine (C=N–C) groups is 1. The smallest absolute Gasteiger partial charge is 0.293 e. The van der Waals surface area contributed by atoms with Crippen molar-refractivity contribution in [2.45, 2.75) is 6.42 Å². The molecule has 0 aliphatic carbocycles. The number of rotatable bonds is 4. The number of guanidine groups is 1. The molecule has 0 atom stereocenters. The maximum atomic E-state index is 12.2. The van der Waals surface area contributed by atoms with E-state index in [2.05, 4.69) is 20.2 Å². The Bertz CT molecular complexity index is 766. The first kappa shape index (κ1) is 20.3. The van der Waals surface area contributed by atoms with Gasteiger partial charge in [-0.1, -0.05) is 0 Å². The minimum atomic E-state index is -0.0584. The van der Waals surface area contributed by atoms with E-state index in [4.69, 9.17) is 4.42 Å². The van der Waals surface area contributed by atoms with E-state index < -0.39 is 0 Å². The summed E-state index contributed by atoms with van der Waals surface area (Å²) in [5.41, 5.74) is -0.0584. The normalized spacial score (nSPS) is 14.9. The predicted octanol–water partition coefficient (Wildman–Crippen LogP) is 0.931. The van der Waals surface area contributed by atoms with Gasteiger partial charge in [0.25, 0.3) is 5.56 Å². The van der Waals surface area contributed by atoms with Crippen LogP contribution in [0.2, 0.25) is 0 Å². The Labute approximate surface area is 169 Å². The van der Waals surface area contributed by atoms with E-state index in [0.29, 0.717) is 5.82 Å². The lowest BCUT2D eigenvalue weighted by molar-refractivity contribution is 0.370. The average molecular weight is 472 g/mol. The first-order chi connectivity index (χ1) is 12.2. The number of hydrogen-bond donors (Lipinski definition) is 1. The summed E-state index contributed by atoms with van der Waals surface area (Å²) >= 11 is 0. The van der Waals surface area contributed by atoms with E-state index in [1.54, 1.807) is 37.3 Å². The Kier molecular flexibility index (Phi) is 7.49. The number of aryl methyl sites for hydroxylation is 1. The van der Waals surface area contributed by atoms with Gasteiger partial charge in [0.15, 0.2) is 11.8 Å². The lowest BCUT2D eigenvalue weighted by Gasteiger charge is -2.36. The SMILES string of the molecule is CN=C(NCCc1ccco1)N1CCN(c2nccn(C)c2=O)CC1.I. The number of nitrogens with one attached hydrogen (secondary N) is 1. The van der Waals surface area contributed by atoms with Crippen molar-refractivity contribution in [2.75, 3.05) is 44.7 Å². The first-order valence-electron chi connectivity index (χ1n) is 8.43. The van der Waals surface area contributed by atoms with Gasteiger partial charge >= 0.3 is 0 Å². The Morgan fingerprint density at radius 1 is 1.35 bits per heavy atom. The summed E-state index contributed by atoms with van der Waals surface area (Å²) < 4.78 is 6.90. The summed E-state index contributed by atoms with van der Waals surface area (Å²) in [4.78, 5) is 25.0. The number of piperazine rings is 1. The minimum Gasteiger partial charge on any atom is -0.469 e. The van der Waals surface area contributed by atoms with E-state index in [-0.39, 0.29) is 29.5 Å². The maximum absolute atomic E-state index is 12.2. The molecule has 1 aliphatic heterocycles. The lowest BCUT2D eigenvalue weighted by Crippen LogP contribution is -2.53. The molecule has 0 amide bonds. The molecule has 1 aliphatic rings. The molecule has 3 heterocycles. The van der Waals surface area contributed by atoms with Crippen molar-refractivity contribution in [3.8, 4) is 0 Å². The van der Waals surface area contributed by atoms with Gasteiger partial charge < -0.3 is 24.1 Å². The van der Waals surface area contributed by atoms with Crippen molar-refractivity contribution >= 4 is 35.8 Å². The van der Waals surface area contributed by atoms with Crippen LogP contribution in [0.5, 0.6) is 0 Å². The lowest BCUT2D eigenvalue weighted by atomic mass is 10.3. The van der Waals surface area contributed by atoms with Gasteiger partial charge in [0.1, 0.15) is 5.76 Å². The molecule has 0 aromatic carbocycles. The van der Waals surface area contributed by atoms with E-state index >= 15 is 0 Å². The zero-order valence-corrected chi connectivity index (χ0v) is 17.4. The Balaban J connectivity index is 0.00000243. The summed E-state index contributed by atoms with van der Waals surface area (Å²) in [6, 6.07) is 3.86. The third-order valence-corrected chi connectivity index (χ3v) is 4.32. The second kappa shape index (κ2) is 9.60. The molecule has 9 heteroatoms. The summed E-state index contributed by atoms with van der Waals surface area (Å²) in [6.45, 7) is 3.83. The number of hydrogen-bond acceptors (Lipinski definition) is 5.